The van der Waals surface area contributed by atoms with Crippen LogP contribution in [0.2, 0.25) is 0 Å². The lowest BCUT2D eigenvalue weighted by Crippen LogP contribution is -2.40. The third kappa shape index (κ3) is 4.12. The molecule has 2 heterocycles. The van der Waals surface area contributed by atoms with E-state index in [-0.39, 0.29) is 11.7 Å². The van der Waals surface area contributed by atoms with Crippen LogP contribution in [0.15, 0.2) is 12.4 Å². The van der Waals surface area contributed by atoms with E-state index < -0.39 is 16.1 Å². The summed E-state index contributed by atoms with van der Waals surface area (Å²) in [5.74, 6) is -0.0213. The van der Waals surface area contributed by atoms with Crippen molar-refractivity contribution in [2.45, 2.75) is 25.3 Å². The Hall–Kier alpha value is -1.25. The van der Waals surface area contributed by atoms with E-state index in [1.54, 1.807) is 24.1 Å². The van der Waals surface area contributed by atoms with Crippen LogP contribution in [-0.2, 0) is 21.9 Å². The second-order valence-corrected chi connectivity index (χ2v) is 7.71. The first-order valence-corrected chi connectivity index (χ1v) is 8.84. The summed E-state index contributed by atoms with van der Waals surface area (Å²) in [7, 11) is -1.42. The number of piperidine rings is 1. The number of nitrogens with zero attached hydrogens (tertiary/aromatic N) is 3. The minimum Gasteiger partial charge on any atom is -0.318 e. The predicted octanol–water partition coefficient (Wildman–Crippen LogP) is 0.0507. The average molecular weight is 314 g/mol. The summed E-state index contributed by atoms with van der Waals surface area (Å²) in [5.41, 5.74) is 6.65. The Kier molecular flexibility index (Phi) is 4.80. The van der Waals surface area contributed by atoms with Crippen LogP contribution >= 0.6 is 0 Å². The summed E-state index contributed by atoms with van der Waals surface area (Å²) in [6.45, 7) is 0.947. The van der Waals surface area contributed by atoms with E-state index in [1.807, 2.05) is 0 Å². The normalized spacial score (nSPS) is 22.1. The van der Waals surface area contributed by atoms with Gasteiger partial charge in [0.25, 0.3) is 0 Å². The second kappa shape index (κ2) is 6.25. The minimum atomic E-state index is -3.19. The molecule has 1 aromatic heterocycles. The summed E-state index contributed by atoms with van der Waals surface area (Å²) in [4.78, 5) is 12.2. The van der Waals surface area contributed by atoms with Crippen molar-refractivity contribution in [1.29, 1.82) is 0 Å². The van der Waals surface area contributed by atoms with Gasteiger partial charge in [0.15, 0.2) is 5.78 Å². The van der Waals surface area contributed by atoms with E-state index >= 15 is 0 Å². The molecule has 0 bridgehead atoms. The molecule has 8 heteroatoms. The first-order chi connectivity index (χ1) is 9.77. The number of ketones is 1. The van der Waals surface area contributed by atoms with Crippen molar-refractivity contribution in [3.05, 3.63) is 18.0 Å². The molecule has 2 N–H and O–H groups in total. The number of aryl methyl sites for hydroxylation is 1. The highest BCUT2D eigenvalue weighted by Gasteiger charge is 2.29. The average Bonchev–Trinajstić information content (AvgIpc) is 2.84. The van der Waals surface area contributed by atoms with Gasteiger partial charge in [-0.2, -0.15) is 5.10 Å². The van der Waals surface area contributed by atoms with Crippen molar-refractivity contribution in [3.8, 4) is 0 Å². The Morgan fingerprint density at radius 3 is 2.86 bits per heavy atom. The molecular weight excluding hydrogens is 292 g/mol. The fraction of sp³-hybridized carbons (Fsp3) is 0.692. The van der Waals surface area contributed by atoms with Gasteiger partial charge in [0.1, 0.15) is 0 Å². The number of carbonyl (C=O) groups excluding carboxylic acids is 1. The molecule has 0 saturated carbocycles. The van der Waals surface area contributed by atoms with Crippen molar-refractivity contribution in [3.63, 3.8) is 0 Å². The second-order valence-electron chi connectivity index (χ2n) is 5.72. The topological polar surface area (TPSA) is 98.3 Å². The van der Waals surface area contributed by atoms with Gasteiger partial charge in [0.2, 0.25) is 10.0 Å². The number of hydrogen-bond acceptors (Lipinski definition) is 5. The first-order valence-electron chi connectivity index (χ1n) is 6.99. The fourth-order valence-electron chi connectivity index (χ4n) is 2.69. The minimum absolute atomic E-state index is 0.0451. The fourth-order valence-corrected chi connectivity index (χ4v) is 3.64. The number of carbonyl (C=O) groups is 1. The van der Waals surface area contributed by atoms with Crippen LogP contribution < -0.4 is 5.73 Å². The van der Waals surface area contributed by atoms with E-state index in [9.17, 15) is 13.2 Å². The van der Waals surface area contributed by atoms with Crippen LogP contribution in [0, 0.1) is 5.92 Å². The number of sulfonamides is 1. The van der Waals surface area contributed by atoms with Crippen molar-refractivity contribution < 1.29 is 13.2 Å². The van der Waals surface area contributed by atoms with Crippen LogP contribution in [0.25, 0.3) is 0 Å². The van der Waals surface area contributed by atoms with Crippen LogP contribution in [0.1, 0.15) is 30.9 Å². The molecule has 0 spiro atoms. The summed E-state index contributed by atoms with van der Waals surface area (Å²) in [6.07, 6.45) is 6.48. The summed E-state index contributed by atoms with van der Waals surface area (Å²) >= 11 is 0. The van der Waals surface area contributed by atoms with Gasteiger partial charge < -0.3 is 5.73 Å². The Bertz CT molecular complexity index is 611. The van der Waals surface area contributed by atoms with Gasteiger partial charge in [-0.25, -0.2) is 12.7 Å². The Morgan fingerprint density at radius 1 is 1.57 bits per heavy atom. The van der Waals surface area contributed by atoms with Gasteiger partial charge in [-0.05, 0) is 18.8 Å². The van der Waals surface area contributed by atoms with E-state index in [2.05, 4.69) is 5.10 Å². The lowest BCUT2D eigenvalue weighted by Gasteiger charge is -2.30. The molecule has 1 aliphatic heterocycles. The van der Waals surface area contributed by atoms with E-state index in [0.717, 1.165) is 12.8 Å². The predicted molar refractivity (Wildman–Crippen MR) is 78.9 cm³/mol. The zero-order valence-electron chi connectivity index (χ0n) is 12.4. The number of aromatic nitrogens is 2. The molecule has 21 heavy (non-hydrogen) atoms. The zero-order chi connectivity index (χ0) is 15.6. The van der Waals surface area contributed by atoms with Gasteiger partial charge in [-0.15, -0.1) is 0 Å². The molecule has 1 saturated heterocycles. The van der Waals surface area contributed by atoms with Crippen LogP contribution in [0.3, 0.4) is 0 Å². The quantitative estimate of drug-likeness (QED) is 0.828. The van der Waals surface area contributed by atoms with E-state index in [4.69, 9.17) is 5.73 Å². The summed E-state index contributed by atoms with van der Waals surface area (Å²) in [6, 6.07) is -0.688. The molecule has 1 fully saturated rings. The molecular formula is C13H22N4O3S. The summed E-state index contributed by atoms with van der Waals surface area (Å²) < 4.78 is 26.2. The maximum atomic E-state index is 12.2. The highest BCUT2D eigenvalue weighted by molar-refractivity contribution is 7.88. The van der Waals surface area contributed by atoms with Crippen molar-refractivity contribution in [2.75, 3.05) is 19.3 Å². The SMILES string of the molecule is Cn1cc(C(N)C(=O)CC2CCCN(S(C)(=O)=O)C2)cn1. The van der Waals surface area contributed by atoms with Gasteiger partial charge >= 0.3 is 0 Å². The number of rotatable bonds is 5. The lowest BCUT2D eigenvalue weighted by molar-refractivity contribution is -0.121. The number of hydrogen-bond donors (Lipinski definition) is 1. The highest BCUT2D eigenvalue weighted by atomic mass is 32.2. The molecule has 0 aromatic carbocycles. The molecule has 2 unspecified atom stereocenters. The molecule has 0 aliphatic carbocycles. The van der Waals surface area contributed by atoms with Gasteiger partial charge in [0, 0.05) is 38.3 Å². The molecule has 0 amide bonds. The van der Waals surface area contributed by atoms with Crippen LogP contribution in [0.4, 0.5) is 0 Å². The number of Topliss-reactive ketones (excluding diaryl/α,β-unsaturated/α-hetero) is 1. The van der Waals surface area contributed by atoms with Gasteiger partial charge in [0.05, 0.1) is 18.5 Å². The van der Waals surface area contributed by atoms with Crippen molar-refractivity contribution in [1.82, 2.24) is 14.1 Å². The molecule has 2 rings (SSSR count). The van der Waals surface area contributed by atoms with E-state index in [1.165, 1.54) is 10.6 Å². The smallest absolute Gasteiger partial charge is 0.211 e. The Labute approximate surface area is 125 Å². The van der Waals surface area contributed by atoms with Crippen LogP contribution in [0.5, 0.6) is 0 Å². The largest absolute Gasteiger partial charge is 0.318 e. The molecule has 1 aliphatic rings. The highest BCUT2D eigenvalue weighted by Crippen LogP contribution is 2.24. The van der Waals surface area contributed by atoms with Crippen molar-refractivity contribution >= 4 is 15.8 Å². The molecule has 0 radical (unpaired) electrons. The zero-order valence-corrected chi connectivity index (χ0v) is 13.2. The van der Waals surface area contributed by atoms with Crippen molar-refractivity contribution in [2.24, 2.45) is 18.7 Å². The Morgan fingerprint density at radius 2 is 2.29 bits per heavy atom. The molecule has 2 atom stereocenters. The van der Waals surface area contributed by atoms with Gasteiger partial charge in [-0.3, -0.25) is 9.48 Å². The van der Waals surface area contributed by atoms with E-state index in [0.29, 0.717) is 25.1 Å². The third-order valence-corrected chi connectivity index (χ3v) is 5.14. The lowest BCUT2D eigenvalue weighted by atomic mass is 9.91. The maximum Gasteiger partial charge on any atom is 0.211 e. The first kappa shape index (κ1) is 16.1. The molecule has 118 valence electrons. The Balaban J connectivity index is 1.96. The van der Waals surface area contributed by atoms with Gasteiger partial charge in [-0.1, -0.05) is 0 Å². The monoisotopic (exact) mass is 314 g/mol. The molecule has 7 nitrogen and oxygen atoms in total. The maximum absolute atomic E-state index is 12.2. The van der Waals surface area contributed by atoms with Crippen LogP contribution in [-0.4, -0.2) is 47.6 Å². The third-order valence-electron chi connectivity index (χ3n) is 3.87. The standard InChI is InChI=1S/C13H22N4O3S/c1-16-9-11(7-15-16)13(14)12(18)6-10-4-3-5-17(8-10)21(2,19)20/h7,9-10,13H,3-6,8,14H2,1-2H3. The number of nitrogens with two attached hydrogens (primary N) is 1. The summed E-state index contributed by atoms with van der Waals surface area (Å²) in [5, 5.41) is 4.01. The molecule has 1 aromatic rings.